The first-order chi connectivity index (χ1) is 66.1. The molecule has 0 saturated carbocycles. The summed E-state index contributed by atoms with van der Waals surface area (Å²) in [6.07, 6.45) is -9.62. The van der Waals surface area contributed by atoms with Crippen molar-refractivity contribution >= 4 is 126 Å². The first kappa shape index (κ1) is 109. The van der Waals surface area contributed by atoms with Crippen LogP contribution in [-0.4, -0.2) is 296 Å². The molecule has 6 heterocycles. The molecule has 6 aliphatic heterocycles. The normalized spacial score (nSPS) is 27.4. The number of carbonyl (C=O) groups is 11. The number of unbranched alkanes of at least 4 members (excludes halogenated alkanes) is 3. The third-order valence-corrected chi connectivity index (χ3v) is 29.6. The van der Waals surface area contributed by atoms with E-state index < -0.39 is 174 Å². The van der Waals surface area contributed by atoms with Gasteiger partial charge in [-0.25, -0.2) is 9.59 Å². The number of nitrogens with two attached hydrogens (primary N) is 1. The highest BCUT2D eigenvalue weighted by atomic mass is 127. The van der Waals surface area contributed by atoms with Gasteiger partial charge in [0.15, 0.2) is 48.0 Å². The van der Waals surface area contributed by atoms with Crippen molar-refractivity contribution in [2.24, 2.45) is 5.73 Å². The molecule has 17 unspecified atom stereocenters. The van der Waals surface area contributed by atoms with Gasteiger partial charge in [0.1, 0.15) is 55.3 Å². The van der Waals surface area contributed by atoms with Crippen LogP contribution in [0.25, 0.3) is 0 Å². The fourth-order valence-corrected chi connectivity index (χ4v) is 20.5. The number of imide groups is 1. The van der Waals surface area contributed by atoms with E-state index in [0.29, 0.717) is 65.5 Å². The molecule has 9 amide bonds. The molecule has 44 heteroatoms. The van der Waals surface area contributed by atoms with Gasteiger partial charge in [-0.1, -0.05) is 112 Å². The van der Waals surface area contributed by atoms with Gasteiger partial charge in [-0.2, -0.15) is 5.48 Å². The maximum atomic E-state index is 14.6. The average molecular weight is 2090 g/mol. The van der Waals surface area contributed by atoms with Crippen LogP contribution in [0.2, 0.25) is 0 Å². The third-order valence-electron chi connectivity index (χ3n) is 23.7. The lowest BCUT2D eigenvalue weighted by atomic mass is 9.75. The number of allylic oxidation sites excluding steroid dienone is 3. The predicted molar refractivity (Wildman–Crippen MR) is 510 cm³/mol. The van der Waals surface area contributed by atoms with Gasteiger partial charge in [0, 0.05) is 112 Å². The number of epoxide rings is 1. The Morgan fingerprint density at radius 1 is 0.746 bits per heavy atom. The number of nitrogens with one attached hydrogen (secondary N) is 8. The molecule has 21 atom stereocenters. The van der Waals surface area contributed by atoms with Crippen molar-refractivity contribution in [1.82, 2.24) is 42.3 Å². The number of hydrogen-bond acceptors (Lipinski definition) is 35. The first-order valence-corrected chi connectivity index (χ1v) is 49.5. The quantitative estimate of drug-likeness (QED) is 0.00688. The SMILES string of the molecule is COC(=O)NC1=C2/C(=C\CSSC(C)(C)CCC(=O)NCCNC(=O)OCc3ccc(NC(=O)[C@H](CCCCN)NC(=O)[C@H](Cc4ccccc4)NC(=O)CCCCCN4C(=O)C=CC4=O)cc3)[C@](O)(C#C/C=C\C#C[C@@H]2OC2OC(C)C(NOC3CC(O)C(SC(=O)c4c(C)c(I)c(OC5OC6OC6C(OC)C5O)c(OC)c4OC)C(C)O3)C(O)C2OC2CC(OC)C(NC(C)=O)CO2)CC1=O. The number of fused-ring (bicyclic) bond motifs is 3. The van der Waals surface area contributed by atoms with Gasteiger partial charge < -0.3 is 124 Å². The minimum atomic E-state index is -2.25. The zero-order valence-electron chi connectivity index (χ0n) is 78.3. The molecule has 0 radical (unpaired) electrons. The summed E-state index contributed by atoms with van der Waals surface area (Å²) >= 11 is 2.80. The van der Waals surface area contributed by atoms with Crippen molar-refractivity contribution in [1.29, 1.82) is 0 Å². The Kier molecular flexibility index (Phi) is 41.0. The van der Waals surface area contributed by atoms with Crippen LogP contribution in [0.15, 0.2) is 102 Å². The number of methoxy groups -OCH3 is 5. The summed E-state index contributed by atoms with van der Waals surface area (Å²) in [6, 6.07) is 11.8. The van der Waals surface area contributed by atoms with Gasteiger partial charge in [0.05, 0.1) is 90.9 Å². The van der Waals surface area contributed by atoms with Crippen LogP contribution in [-0.2, 0) is 108 Å². The van der Waals surface area contributed by atoms with Crippen molar-refractivity contribution in [3.8, 4) is 40.9 Å². The fourth-order valence-electron chi connectivity index (χ4n) is 16.3. The molecule has 138 heavy (non-hydrogen) atoms. The summed E-state index contributed by atoms with van der Waals surface area (Å²) in [4.78, 5) is 154. The third kappa shape index (κ3) is 29.7. The molecular weight excluding hydrogens is 1970 g/mol. The van der Waals surface area contributed by atoms with E-state index in [4.69, 9.17) is 76.9 Å². The smallest absolute Gasteiger partial charge is 0.411 e. The number of anilines is 1. The number of hydrogen-bond donors (Lipinski definition) is 13. The highest BCUT2D eigenvalue weighted by Gasteiger charge is 2.59. The molecule has 2 bridgehead atoms. The Labute approximate surface area is 825 Å². The number of halogens is 1. The predicted octanol–water partition coefficient (Wildman–Crippen LogP) is 4.79. The molecule has 0 aromatic heterocycles. The number of alkyl carbamates (subject to hydrolysis) is 2. The summed E-state index contributed by atoms with van der Waals surface area (Å²) in [7, 11) is 9.43. The monoisotopic (exact) mass is 2090 g/mol. The Hall–Kier alpha value is -9.35. The number of hydroxylamine groups is 1. The minimum absolute atomic E-state index is 0.00359. The molecule has 0 spiro atoms. The zero-order valence-corrected chi connectivity index (χ0v) is 82.9. The highest BCUT2D eigenvalue weighted by molar-refractivity contribution is 14.1. The number of amides is 9. The number of Topliss-reactive ketones (excluding diaryl/α,β-unsaturated/α-hetero) is 1. The number of aliphatic hydroxyl groups excluding tert-OH is 3. The van der Waals surface area contributed by atoms with Gasteiger partial charge in [-0.3, -0.25) is 58.2 Å². The Balaban J connectivity index is 0.681. The second kappa shape index (κ2) is 51.9. The van der Waals surface area contributed by atoms with E-state index in [1.807, 2.05) is 66.8 Å². The molecule has 11 rings (SSSR count). The van der Waals surface area contributed by atoms with E-state index >= 15 is 0 Å². The van der Waals surface area contributed by atoms with Gasteiger partial charge in [-0.05, 0) is 143 Å². The van der Waals surface area contributed by atoms with E-state index in [1.54, 1.807) is 51.1 Å². The Morgan fingerprint density at radius 3 is 2.17 bits per heavy atom. The number of ether oxygens (including phenoxy) is 14. The number of nitrogens with zero attached hydrogens (tertiary/aromatic N) is 1. The fraction of sp³-hybridized carbons (Fsp3) is 0.564. The van der Waals surface area contributed by atoms with Gasteiger partial charge in [0.25, 0.3) is 11.8 Å². The summed E-state index contributed by atoms with van der Waals surface area (Å²) in [5.41, 5.74) is 8.18. The minimum Gasteiger partial charge on any atom is -0.492 e. The van der Waals surface area contributed by atoms with Crippen molar-refractivity contribution in [2.45, 2.75) is 264 Å². The number of thioether (sulfide) groups is 1. The number of benzene rings is 3. The zero-order chi connectivity index (χ0) is 99.7. The summed E-state index contributed by atoms with van der Waals surface area (Å²) in [6.45, 7) is 10.5. The summed E-state index contributed by atoms with van der Waals surface area (Å²) in [5, 5.41) is 66.5. The maximum Gasteiger partial charge on any atom is 0.411 e. The van der Waals surface area contributed by atoms with Crippen molar-refractivity contribution < 1.29 is 144 Å². The molecule has 5 saturated heterocycles. The molecular formula is C94H121IN10O30S3. The molecule has 14 N–H and O–H groups in total. The molecule has 2 aliphatic carbocycles. The Morgan fingerprint density at radius 2 is 1.48 bits per heavy atom. The van der Waals surface area contributed by atoms with Gasteiger partial charge in [0.2, 0.25) is 46.7 Å². The maximum absolute atomic E-state index is 14.6. The van der Waals surface area contributed by atoms with Gasteiger partial charge >= 0.3 is 12.2 Å². The van der Waals surface area contributed by atoms with Crippen molar-refractivity contribution in [2.75, 3.05) is 79.4 Å². The Bertz CT molecular complexity index is 5060. The lowest BCUT2D eigenvalue weighted by Crippen LogP contribution is -2.65. The first-order valence-electron chi connectivity index (χ1n) is 45.2. The van der Waals surface area contributed by atoms with Crippen molar-refractivity contribution in [3.63, 3.8) is 0 Å². The summed E-state index contributed by atoms with van der Waals surface area (Å²) in [5.74, 6) is 8.09. The second-order valence-corrected chi connectivity index (χ2v) is 39.5. The number of aliphatic hydroxyl groups is 4. The van der Waals surface area contributed by atoms with E-state index in [0.717, 1.165) is 29.3 Å². The second-order valence-electron chi connectivity index (χ2n) is 34.3. The van der Waals surface area contributed by atoms with Crippen molar-refractivity contribution in [3.05, 3.63) is 128 Å². The van der Waals surface area contributed by atoms with E-state index in [-0.39, 0.29) is 146 Å². The van der Waals surface area contributed by atoms with Crippen LogP contribution >= 0.6 is 55.9 Å². The van der Waals surface area contributed by atoms with E-state index in [9.17, 15) is 73.2 Å². The number of rotatable bonds is 46. The molecule has 8 aliphatic rings. The highest BCUT2D eigenvalue weighted by Crippen LogP contribution is 2.50. The van der Waals surface area contributed by atoms with Crippen LogP contribution in [0.5, 0.6) is 17.2 Å². The lowest BCUT2D eigenvalue weighted by Gasteiger charge is -2.46. The number of ketones is 1. The molecule has 3 aromatic carbocycles. The van der Waals surface area contributed by atoms with E-state index in [2.05, 4.69) is 66.4 Å². The molecule has 40 nitrogen and oxygen atoms in total. The molecule has 5 fully saturated rings. The summed E-state index contributed by atoms with van der Waals surface area (Å²) < 4.78 is 83.4. The number of carbonyl (C=O) groups excluding carboxylic acids is 11. The largest absolute Gasteiger partial charge is 0.492 e. The van der Waals surface area contributed by atoms with Crippen LogP contribution in [0, 0.1) is 34.2 Å². The van der Waals surface area contributed by atoms with Crippen LogP contribution < -0.4 is 62.6 Å². The van der Waals surface area contributed by atoms with Crippen LogP contribution in [0.4, 0.5) is 15.3 Å². The topological polar surface area (TPSA) is 536 Å². The molecule has 752 valence electrons. The van der Waals surface area contributed by atoms with Gasteiger partial charge in [-0.15, -0.1) is 0 Å². The lowest BCUT2D eigenvalue weighted by molar-refractivity contribution is -0.336. The average Bonchev–Trinajstić information content (AvgIpc) is 1.28. The van der Waals surface area contributed by atoms with Crippen LogP contribution in [0.1, 0.15) is 139 Å². The van der Waals surface area contributed by atoms with E-state index in [1.165, 1.54) is 81.3 Å². The van der Waals surface area contributed by atoms with Crippen LogP contribution in [0.3, 0.4) is 0 Å². The standard InChI is InChI=1S/C94H121IN10O30S3/c1-50-71(78(122-8)82(124-10)79(73(50)95)132-88-77(114)80(123-9)83-90(133-83)134-88)87(117)137-84-52(3)128-70(45-61(84)107)135-104-74-51(2)129-89(81(76(74)113)131-69-46-64(121-7)60(49-126-69)99-53(4)106)130-63-27-18-12-13-21-37-94(120)47-62(108)75(103-92(119)125-11)72(63)57(94)36-43-136-138-93(5,6)38-35-65(109)97-40-41-98-91(118)127-48-55-29-31-56(32-30-55)100-85(115)58(26-20-22-39-96)102-86(116)59(44-54-24-16-14-17-25-54)101-66(110)28-19-15-23-42-105-67(111)33-34-68(105)112/h12-14,16-17,24-25,29-34,36,51-52,58-61,63-64,69-70,74,76-77,80-81,83-84,88-90,104,107,113-114,120H,15,19-20,22-23,26,28,35,38-49,96H2,1-11H3,(H,97,109)(H,98,118)(H,99,106)(H,100,115)(H,101,110)(H,102,116)(H,103,119)/b13-12-,57-36+/t51?,52?,58-,59-,60?,61?,63-,64?,69?,70?,74?,76?,77?,80?,81?,83?,84?,88?,89?,90?,94-/m0/s1. The molecule has 3 aromatic rings.